The topological polar surface area (TPSA) is 66.4 Å². The molecule has 0 saturated heterocycles. The lowest BCUT2D eigenvalue weighted by Crippen LogP contribution is -2.16. The fraction of sp³-hybridized carbons (Fsp3) is 0.500. The van der Waals surface area contributed by atoms with Gasteiger partial charge < -0.3 is 10.4 Å². The first-order valence-corrected chi connectivity index (χ1v) is 3.85. The molecular weight excluding hydrogens is 158 g/mol. The van der Waals surface area contributed by atoms with Gasteiger partial charge >= 0.3 is 5.97 Å². The zero-order chi connectivity index (χ0) is 9.40. The Labute approximate surface area is 71.3 Å². The molecule has 2 N–H and O–H groups in total. The maximum absolute atomic E-state index is 10.8. The molecule has 0 aliphatic carbocycles. The minimum Gasteiger partial charge on any atom is -0.478 e. The van der Waals surface area contributed by atoms with Crippen molar-refractivity contribution in [3.8, 4) is 0 Å². The maximum atomic E-state index is 10.8. The van der Waals surface area contributed by atoms with Gasteiger partial charge in [-0.1, -0.05) is 13.3 Å². The van der Waals surface area contributed by atoms with Gasteiger partial charge in [0.05, 0.1) is 0 Å². The summed E-state index contributed by atoms with van der Waals surface area (Å²) in [5.41, 5.74) is 0. The van der Waals surface area contributed by atoms with Crippen molar-refractivity contribution in [1.29, 1.82) is 0 Å². The van der Waals surface area contributed by atoms with E-state index in [0.717, 1.165) is 25.1 Å². The van der Waals surface area contributed by atoms with Crippen LogP contribution in [0.3, 0.4) is 0 Å². The normalized spacial score (nSPS) is 10.1. The highest BCUT2D eigenvalue weighted by atomic mass is 16.4. The fourth-order valence-electron chi connectivity index (χ4n) is 0.615. The standard InChI is InChI=1S/C8H13NO3/c1-2-3-4-7(10)9-6-5-8(11)12/h5-6H,2-4H2,1H3,(H,9,10)(H,11,12). The van der Waals surface area contributed by atoms with Crippen LogP contribution in [-0.2, 0) is 9.59 Å². The smallest absolute Gasteiger partial charge is 0.329 e. The number of hydrogen-bond acceptors (Lipinski definition) is 2. The Bertz CT molecular complexity index is 187. The number of amides is 1. The number of carbonyl (C=O) groups excluding carboxylic acids is 1. The second-order valence-corrected chi connectivity index (χ2v) is 2.34. The number of carboxylic acids is 1. The number of aliphatic carboxylic acids is 1. The van der Waals surface area contributed by atoms with Gasteiger partial charge in [0, 0.05) is 18.7 Å². The van der Waals surface area contributed by atoms with E-state index in [1.807, 2.05) is 6.92 Å². The van der Waals surface area contributed by atoms with E-state index in [1.165, 1.54) is 0 Å². The largest absolute Gasteiger partial charge is 0.478 e. The predicted molar refractivity (Wildman–Crippen MR) is 44.4 cm³/mol. The van der Waals surface area contributed by atoms with Gasteiger partial charge in [-0.05, 0) is 6.42 Å². The molecule has 0 heterocycles. The Morgan fingerprint density at radius 1 is 1.50 bits per heavy atom. The maximum Gasteiger partial charge on any atom is 0.329 e. The van der Waals surface area contributed by atoms with Crippen molar-refractivity contribution in [2.75, 3.05) is 0 Å². The zero-order valence-electron chi connectivity index (χ0n) is 7.04. The van der Waals surface area contributed by atoms with E-state index in [-0.39, 0.29) is 5.91 Å². The van der Waals surface area contributed by atoms with E-state index < -0.39 is 5.97 Å². The number of carboxylic acid groups (broad SMARTS) is 1. The van der Waals surface area contributed by atoms with Gasteiger partial charge in [0.15, 0.2) is 0 Å². The third kappa shape index (κ3) is 6.80. The van der Waals surface area contributed by atoms with Gasteiger partial charge in [-0.15, -0.1) is 0 Å². The van der Waals surface area contributed by atoms with Crippen molar-refractivity contribution in [3.05, 3.63) is 12.3 Å². The molecule has 0 aromatic rings. The first-order chi connectivity index (χ1) is 5.66. The monoisotopic (exact) mass is 171 g/mol. The van der Waals surface area contributed by atoms with E-state index in [0.29, 0.717) is 6.42 Å². The molecule has 0 bridgehead atoms. The lowest BCUT2D eigenvalue weighted by molar-refractivity contribution is -0.131. The molecule has 0 aromatic carbocycles. The molecule has 0 saturated carbocycles. The van der Waals surface area contributed by atoms with Crippen LogP contribution in [0.4, 0.5) is 0 Å². The van der Waals surface area contributed by atoms with Crippen LogP contribution in [0.1, 0.15) is 26.2 Å². The van der Waals surface area contributed by atoms with Crippen LogP contribution >= 0.6 is 0 Å². The van der Waals surface area contributed by atoms with Crippen molar-refractivity contribution in [2.45, 2.75) is 26.2 Å². The van der Waals surface area contributed by atoms with Crippen LogP contribution in [0.2, 0.25) is 0 Å². The molecule has 0 fully saturated rings. The van der Waals surface area contributed by atoms with E-state index in [1.54, 1.807) is 0 Å². The number of carbonyl (C=O) groups is 2. The van der Waals surface area contributed by atoms with Gasteiger partial charge in [0.1, 0.15) is 0 Å². The summed E-state index contributed by atoms with van der Waals surface area (Å²) in [5.74, 6) is -1.21. The fourth-order valence-corrected chi connectivity index (χ4v) is 0.615. The Hall–Kier alpha value is -1.32. The molecule has 0 atom stereocenters. The molecule has 0 spiro atoms. The molecule has 0 rings (SSSR count). The summed E-state index contributed by atoms with van der Waals surface area (Å²) in [4.78, 5) is 20.8. The van der Waals surface area contributed by atoms with E-state index in [2.05, 4.69) is 5.32 Å². The second kappa shape index (κ2) is 6.39. The van der Waals surface area contributed by atoms with Crippen molar-refractivity contribution in [2.24, 2.45) is 0 Å². The van der Waals surface area contributed by atoms with Gasteiger partial charge in [-0.25, -0.2) is 4.79 Å². The zero-order valence-corrected chi connectivity index (χ0v) is 7.04. The summed E-state index contributed by atoms with van der Waals surface area (Å²) in [6.07, 6.45) is 4.26. The first kappa shape index (κ1) is 10.7. The summed E-state index contributed by atoms with van der Waals surface area (Å²) in [6, 6.07) is 0. The molecule has 1 amide bonds. The average molecular weight is 171 g/mol. The summed E-state index contributed by atoms with van der Waals surface area (Å²) >= 11 is 0. The highest BCUT2D eigenvalue weighted by Crippen LogP contribution is 1.92. The molecule has 0 unspecified atom stereocenters. The molecule has 0 aliphatic heterocycles. The lowest BCUT2D eigenvalue weighted by Gasteiger charge is -1.96. The molecule has 4 nitrogen and oxygen atoms in total. The SMILES string of the molecule is CCCCC(=O)NC=CC(=O)O. The number of nitrogens with one attached hydrogen (secondary N) is 1. The van der Waals surface area contributed by atoms with Crippen LogP contribution in [0, 0.1) is 0 Å². The summed E-state index contributed by atoms with van der Waals surface area (Å²) in [5, 5.41) is 10.5. The Morgan fingerprint density at radius 2 is 2.17 bits per heavy atom. The minimum absolute atomic E-state index is 0.144. The van der Waals surface area contributed by atoms with Crippen molar-refractivity contribution in [1.82, 2.24) is 5.32 Å². The quantitative estimate of drug-likeness (QED) is 0.604. The van der Waals surface area contributed by atoms with Crippen molar-refractivity contribution >= 4 is 11.9 Å². The summed E-state index contributed by atoms with van der Waals surface area (Å²) in [7, 11) is 0. The summed E-state index contributed by atoms with van der Waals surface area (Å²) < 4.78 is 0. The molecule has 0 aromatic heterocycles. The number of rotatable bonds is 5. The molecule has 0 aliphatic rings. The number of hydrogen-bond donors (Lipinski definition) is 2. The molecule has 68 valence electrons. The van der Waals surface area contributed by atoms with Crippen LogP contribution in [0.25, 0.3) is 0 Å². The Morgan fingerprint density at radius 3 is 2.67 bits per heavy atom. The third-order valence-electron chi connectivity index (χ3n) is 1.23. The highest BCUT2D eigenvalue weighted by molar-refractivity contribution is 5.82. The van der Waals surface area contributed by atoms with E-state index in [9.17, 15) is 9.59 Å². The van der Waals surface area contributed by atoms with Gasteiger partial charge in [-0.3, -0.25) is 4.79 Å². The van der Waals surface area contributed by atoms with E-state index >= 15 is 0 Å². The molecule has 0 radical (unpaired) electrons. The van der Waals surface area contributed by atoms with Gasteiger partial charge in [0.25, 0.3) is 0 Å². The minimum atomic E-state index is -1.06. The van der Waals surface area contributed by atoms with Crippen LogP contribution in [0.15, 0.2) is 12.3 Å². The number of unbranched alkanes of at least 4 members (excludes halogenated alkanes) is 1. The van der Waals surface area contributed by atoms with Crippen molar-refractivity contribution in [3.63, 3.8) is 0 Å². The van der Waals surface area contributed by atoms with Crippen LogP contribution < -0.4 is 5.32 Å². The van der Waals surface area contributed by atoms with Crippen LogP contribution in [0.5, 0.6) is 0 Å². The average Bonchev–Trinajstić information content (AvgIpc) is 2.00. The van der Waals surface area contributed by atoms with Gasteiger partial charge in [0.2, 0.25) is 5.91 Å². The first-order valence-electron chi connectivity index (χ1n) is 3.85. The lowest BCUT2D eigenvalue weighted by atomic mass is 10.2. The Kier molecular flexibility index (Phi) is 5.69. The third-order valence-corrected chi connectivity index (χ3v) is 1.23. The molecular formula is C8H13NO3. The summed E-state index contributed by atoms with van der Waals surface area (Å²) in [6.45, 7) is 1.99. The predicted octanol–water partition coefficient (Wildman–Crippen LogP) is 0.891. The van der Waals surface area contributed by atoms with E-state index in [4.69, 9.17) is 5.11 Å². The van der Waals surface area contributed by atoms with Crippen LogP contribution in [-0.4, -0.2) is 17.0 Å². The molecule has 12 heavy (non-hydrogen) atoms. The second-order valence-electron chi connectivity index (χ2n) is 2.34. The van der Waals surface area contributed by atoms with Crippen molar-refractivity contribution < 1.29 is 14.7 Å². The highest BCUT2D eigenvalue weighted by Gasteiger charge is 1.95. The molecule has 4 heteroatoms. The Balaban J connectivity index is 3.50. The van der Waals surface area contributed by atoms with Gasteiger partial charge in [-0.2, -0.15) is 0 Å².